The van der Waals surface area contributed by atoms with Crippen LogP contribution in [0.1, 0.15) is 11.1 Å². The van der Waals surface area contributed by atoms with Crippen LogP contribution in [0.3, 0.4) is 0 Å². The fourth-order valence-electron chi connectivity index (χ4n) is 2.11. The molecule has 0 atom stereocenters. The summed E-state index contributed by atoms with van der Waals surface area (Å²) in [4.78, 5) is 2.13. The molecule has 0 N–H and O–H groups in total. The zero-order valence-corrected chi connectivity index (χ0v) is 10.9. The third-order valence-electron chi connectivity index (χ3n) is 2.97. The van der Waals surface area contributed by atoms with E-state index in [1.165, 1.54) is 18.2 Å². The Morgan fingerprint density at radius 2 is 1.95 bits per heavy atom. The Kier molecular flexibility index (Phi) is 4.67. The predicted molar refractivity (Wildman–Crippen MR) is 69.3 cm³/mol. The summed E-state index contributed by atoms with van der Waals surface area (Å²) in [6.07, 6.45) is -3.18. The van der Waals surface area contributed by atoms with Crippen LogP contribution in [0, 0.1) is 0 Å². The predicted octanol–water partition coefficient (Wildman–Crippen LogP) is 3.06. The number of hydrogen-bond acceptors (Lipinski definition) is 3. The Balaban J connectivity index is 2.14. The van der Waals surface area contributed by atoms with E-state index in [9.17, 15) is 13.2 Å². The van der Waals surface area contributed by atoms with Gasteiger partial charge in [-0.3, -0.25) is 4.90 Å². The van der Waals surface area contributed by atoms with Crippen LogP contribution >= 0.6 is 0 Å². The van der Waals surface area contributed by atoms with Gasteiger partial charge in [0.05, 0.1) is 13.2 Å². The first-order valence-electron chi connectivity index (χ1n) is 6.28. The molecule has 0 unspecified atom stereocenters. The van der Waals surface area contributed by atoms with Crippen LogP contribution in [0.25, 0.3) is 6.08 Å². The molecule has 0 radical (unpaired) electrons. The SMILES string of the molecule is C=Cc1cc(CN2CCOCC2)cc(OC(F)(F)F)c1. The minimum atomic E-state index is -4.68. The van der Waals surface area contributed by atoms with Crippen molar-refractivity contribution in [1.82, 2.24) is 4.90 Å². The maximum Gasteiger partial charge on any atom is 0.573 e. The maximum atomic E-state index is 12.3. The van der Waals surface area contributed by atoms with Crippen molar-refractivity contribution in [2.45, 2.75) is 12.9 Å². The van der Waals surface area contributed by atoms with Gasteiger partial charge in [-0.2, -0.15) is 0 Å². The van der Waals surface area contributed by atoms with E-state index in [4.69, 9.17) is 4.74 Å². The zero-order valence-electron chi connectivity index (χ0n) is 10.9. The van der Waals surface area contributed by atoms with Crippen LogP contribution in [0.2, 0.25) is 0 Å². The number of ether oxygens (including phenoxy) is 2. The van der Waals surface area contributed by atoms with Gasteiger partial charge in [-0.15, -0.1) is 13.2 Å². The lowest BCUT2D eigenvalue weighted by atomic mass is 10.1. The second-order valence-corrected chi connectivity index (χ2v) is 4.55. The second-order valence-electron chi connectivity index (χ2n) is 4.55. The van der Waals surface area contributed by atoms with Gasteiger partial charge in [-0.1, -0.05) is 18.7 Å². The van der Waals surface area contributed by atoms with Gasteiger partial charge in [0.15, 0.2) is 0 Å². The molecule has 6 heteroatoms. The molecule has 0 bridgehead atoms. The Hall–Kier alpha value is -1.53. The van der Waals surface area contributed by atoms with Crippen molar-refractivity contribution in [2.24, 2.45) is 0 Å². The van der Waals surface area contributed by atoms with Crippen molar-refractivity contribution < 1.29 is 22.6 Å². The van der Waals surface area contributed by atoms with Crippen molar-refractivity contribution in [2.75, 3.05) is 26.3 Å². The van der Waals surface area contributed by atoms with Crippen molar-refractivity contribution in [3.8, 4) is 5.75 Å². The van der Waals surface area contributed by atoms with E-state index in [0.29, 0.717) is 25.3 Å². The smallest absolute Gasteiger partial charge is 0.406 e. The Bertz CT molecular complexity index is 468. The van der Waals surface area contributed by atoms with Gasteiger partial charge in [-0.25, -0.2) is 0 Å². The van der Waals surface area contributed by atoms with Crippen LogP contribution in [-0.4, -0.2) is 37.6 Å². The van der Waals surface area contributed by atoms with E-state index in [1.807, 2.05) is 6.07 Å². The summed E-state index contributed by atoms with van der Waals surface area (Å²) >= 11 is 0. The van der Waals surface area contributed by atoms with Crippen LogP contribution in [0.15, 0.2) is 24.8 Å². The number of morpholine rings is 1. The summed E-state index contributed by atoms with van der Waals surface area (Å²) in [5.74, 6) is -0.210. The van der Waals surface area contributed by atoms with Crippen molar-refractivity contribution >= 4 is 6.08 Å². The van der Waals surface area contributed by atoms with Gasteiger partial charge >= 0.3 is 6.36 Å². The maximum absolute atomic E-state index is 12.3. The fourth-order valence-corrected chi connectivity index (χ4v) is 2.11. The molecule has 0 saturated carbocycles. The zero-order chi connectivity index (χ0) is 14.6. The molecule has 1 aromatic carbocycles. The lowest BCUT2D eigenvalue weighted by Gasteiger charge is -2.26. The summed E-state index contributed by atoms with van der Waals surface area (Å²) in [6, 6.07) is 4.55. The van der Waals surface area contributed by atoms with Gasteiger partial charge in [-0.05, 0) is 23.3 Å². The minimum absolute atomic E-state index is 0.210. The first-order chi connectivity index (χ1) is 9.46. The number of hydrogen-bond donors (Lipinski definition) is 0. The summed E-state index contributed by atoms with van der Waals surface area (Å²) in [5.41, 5.74) is 1.37. The third kappa shape index (κ3) is 4.54. The van der Waals surface area contributed by atoms with Crippen molar-refractivity contribution in [3.05, 3.63) is 35.9 Å². The van der Waals surface area contributed by atoms with E-state index in [0.717, 1.165) is 18.7 Å². The lowest BCUT2D eigenvalue weighted by Crippen LogP contribution is -2.35. The van der Waals surface area contributed by atoms with E-state index in [2.05, 4.69) is 16.2 Å². The van der Waals surface area contributed by atoms with E-state index in [1.54, 1.807) is 0 Å². The molecular formula is C14H16F3NO2. The molecule has 110 valence electrons. The Labute approximate surface area is 115 Å². The van der Waals surface area contributed by atoms with Crippen LogP contribution < -0.4 is 4.74 Å². The Morgan fingerprint density at radius 3 is 2.55 bits per heavy atom. The summed E-state index contributed by atoms with van der Waals surface area (Å²) in [6.45, 7) is 6.99. The van der Waals surface area contributed by atoms with Gasteiger partial charge in [0, 0.05) is 19.6 Å². The molecule has 2 rings (SSSR count). The molecule has 0 amide bonds. The van der Waals surface area contributed by atoms with Gasteiger partial charge in [0.1, 0.15) is 5.75 Å². The molecule has 1 saturated heterocycles. The number of halogens is 3. The van der Waals surface area contributed by atoms with E-state index >= 15 is 0 Å². The third-order valence-corrected chi connectivity index (χ3v) is 2.97. The molecule has 0 aliphatic carbocycles. The average molecular weight is 287 g/mol. The summed E-state index contributed by atoms with van der Waals surface area (Å²) in [5, 5.41) is 0. The number of nitrogens with zero attached hydrogens (tertiary/aromatic N) is 1. The molecule has 0 spiro atoms. The first-order valence-corrected chi connectivity index (χ1v) is 6.28. The Morgan fingerprint density at radius 1 is 1.25 bits per heavy atom. The largest absolute Gasteiger partial charge is 0.573 e. The summed E-state index contributed by atoms with van der Waals surface area (Å²) < 4.78 is 46.1. The van der Waals surface area contributed by atoms with Crippen molar-refractivity contribution in [1.29, 1.82) is 0 Å². The molecule has 3 nitrogen and oxygen atoms in total. The summed E-state index contributed by atoms with van der Waals surface area (Å²) in [7, 11) is 0. The fraction of sp³-hybridized carbons (Fsp3) is 0.429. The highest BCUT2D eigenvalue weighted by molar-refractivity contribution is 5.51. The van der Waals surface area contributed by atoms with Crippen LogP contribution in [0.4, 0.5) is 13.2 Å². The average Bonchev–Trinajstić information content (AvgIpc) is 2.37. The molecule has 20 heavy (non-hydrogen) atoms. The van der Waals surface area contributed by atoms with E-state index in [-0.39, 0.29) is 5.75 Å². The van der Waals surface area contributed by atoms with Gasteiger partial charge < -0.3 is 9.47 Å². The first kappa shape index (κ1) is 14.9. The molecule has 1 aromatic rings. The number of alkyl halides is 3. The van der Waals surface area contributed by atoms with Gasteiger partial charge in [0.25, 0.3) is 0 Å². The quantitative estimate of drug-likeness (QED) is 0.849. The monoisotopic (exact) mass is 287 g/mol. The molecule has 1 aliphatic heterocycles. The molecule has 1 aliphatic rings. The number of rotatable bonds is 4. The molecule has 1 heterocycles. The highest BCUT2D eigenvalue weighted by Gasteiger charge is 2.31. The normalized spacial score (nSPS) is 16.9. The molecule has 0 aromatic heterocycles. The standard InChI is InChI=1S/C14H16F3NO2/c1-2-11-7-12(10-18-3-5-19-6-4-18)9-13(8-11)20-14(15,16)17/h2,7-9H,1,3-6,10H2. The highest BCUT2D eigenvalue weighted by Crippen LogP contribution is 2.26. The van der Waals surface area contributed by atoms with Crippen LogP contribution in [0.5, 0.6) is 5.75 Å². The topological polar surface area (TPSA) is 21.7 Å². The molecular weight excluding hydrogens is 271 g/mol. The van der Waals surface area contributed by atoms with Gasteiger partial charge in [0.2, 0.25) is 0 Å². The van der Waals surface area contributed by atoms with Crippen molar-refractivity contribution in [3.63, 3.8) is 0 Å². The van der Waals surface area contributed by atoms with Crippen LogP contribution in [-0.2, 0) is 11.3 Å². The number of benzene rings is 1. The second kappa shape index (κ2) is 6.28. The van der Waals surface area contributed by atoms with E-state index < -0.39 is 6.36 Å². The minimum Gasteiger partial charge on any atom is -0.406 e. The highest BCUT2D eigenvalue weighted by atomic mass is 19.4. The molecule has 1 fully saturated rings. The lowest BCUT2D eigenvalue weighted by molar-refractivity contribution is -0.274.